The highest BCUT2D eigenvalue weighted by Gasteiger charge is 2.52. The lowest BCUT2D eigenvalue weighted by atomic mass is 10.7. The smallest absolute Gasteiger partial charge is 0.455 e. The van der Waals surface area contributed by atoms with Crippen LogP contribution in [-0.2, 0) is 27.7 Å². The van der Waals surface area contributed by atoms with Crippen LogP contribution in [-0.4, -0.2) is 51.4 Å². The lowest BCUT2D eigenvalue weighted by molar-refractivity contribution is -0.148. The zero-order chi connectivity index (χ0) is 14.3. The Balaban J connectivity index is 5.15. The van der Waals surface area contributed by atoms with Gasteiger partial charge < -0.3 is 13.3 Å². The summed E-state index contributed by atoms with van der Waals surface area (Å²) < 4.78 is 15.0. The summed E-state index contributed by atoms with van der Waals surface area (Å²) in [6.07, 6.45) is 0.0717. The minimum atomic E-state index is -3.69. The topological polar surface area (TPSA) is 82.1 Å². The molecular formula is C10H19NO6Si. The molecular weight excluding hydrogens is 258 g/mol. The molecule has 7 nitrogen and oxygen atoms in total. The summed E-state index contributed by atoms with van der Waals surface area (Å²) in [6, 6.07) is 0. The SMILES string of the molecule is CCN(C)C[Si](OC(C)=O)(OC(C)=O)OC(C)=O. The molecule has 0 fully saturated rings. The van der Waals surface area contributed by atoms with Crippen LogP contribution in [0.3, 0.4) is 0 Å². The predicted molar refractivity (Wildman–Crippen MR) is 64.2 cm³/mol. The van der Waals surface area contributed by atoms with Gasteiger partial charge in [0, 0.05) is 20.8 Å². The Morgan fingerprint density at radius 1 is 0.944 bits per heavy atom. The Kier molecular flexibility index (Phi) is 6.56. The fourth-order valence-corrected chi connectivity index (χ4v) is 3.78. The van der Waals surface area contributed by atoms with E-state index in [0.717, 1.165) is 0 Å². The second-order valence-corrected chi connectivity index (χ2v) is 6.09. The molecule has 0 saturated carbocycles. The highest BCUT2D eigenvalue weighted by molar-refractivity contribution is 6.65. The average molecular weight is 277 g/mol. The van der Waals surface area contributed by atoms with Gasteiger partial charge in [0.2, 0.25) is 0 Å². The molecule has 0 rings (SSSR count). The van der Waals surface area contributed by atoms with Gasteiger partial charge in [0.25, 0.3) is 17.9 Å². The van der Waals surface area contributed by atoms with E-state index < -0.39 is 26.7 Å². The minimum absolute atomic E-state index is 0.0717. The van der Waals surface area contributed by atoms with Crippen molar-refractivity contribution in [1.82, 2.24) is 4.90 Å². The second-order valence-electron chi connectivity index (χ2n) is 3.79. The van der Waals surface area contributed by atoms with Gasteiger partial charge in [-0.1, -0.05) is 6.92 Å². The minimum Gasteiger partial charge on any atom is -0.455 e. The normalized spacial score (nSPS) is 11.0. The predicted octanol–water partition coefficient (Wildman–Crippen LogP) is 0.105. The number of hydrogen-bond donors (Lipinski definition) is 0. The number of rotatable bonds is 6. The Morgan fingerprint density at radius 2 is 1.28 bits per heavy atom. The summed E-state index contributed by atoms with van der Waals surface area (Å²) in [5, 5.41) is 0. The van der Waals surface area contributed by atoms with E-state index in [-0.39, 0.29) is 6.17 Å². The number of hydrogen-bond acceptors (Lipinski definition) is 7. The maximum absolute atomic E-state index is 11.1. The molecule has 0 aromatic carbocycles. The fourth-order valence-electron chi connectivity index (χ4n) is 1.26. The van der Waals surface area contributed by atoms with Gasteiger partial charge >= 0.3 is 8.80 Å². The second kappa shape index (κ2) is 7.12. The molecule has 0 amide bonds. The molecule has 104 valence electrons. The van der Waals surface area contributed by atoms with Gasteiger partial charge in [0.1, 0.15) is 6.17 Å². The maximum atomic E-state index is 11.1. The third kappa shape index (κ3) is 6.35. The molecule has 0 bridgehead atoms. The van der Waals surface area contributed by atoms with Gasteiger partial charge in [0.15, 0.2) is 0 Å². The molecule has 0 unspecified atom stereocenters. The third-order valence-electron chi connectivity index (χ3n) is 1.90. The first-order valence-corrected chi connectivity index (χ1v) is 7.41. The van der Waals surface area contributed by atoms with Crippen LogP contribution in [0, 0.1) is 0 Å². The van der Waals surface area contributed by atoms with Gasteiger partial charge in [-0.3, -0.25) is 19.3 Å². The summed E-state index contributed by atoms with van der Waals surface area (Å²) >= 11 is 0. The molecule has 18 heavy (non-hydrogen) atoms. The molecule has 0 atom stereocenters. The van der Waals surface area contributed by atoms with Crippen molar-refractivity contribution >= 4 is 26.7 Å². The molecule has 0 radical (unpaired) electrons. The van der Waals surface area contributed by atoms with Crippen LogP contribution in [0.5, 0.6) is 0 Å². The van der Waals surface area contributed by atoms with E-state index in [1.165, 1.54) is 20.8 Å². The van der Waals surface area contributed by atoms with Crippen molar-refractivity contribution in [3.05, 3.63) is 0 Å². The zero-order valence-corrected chi connectivity index (χ0v) is 12.3. The van der Waals surface area contributed by atoms with Crippen molar-refractivity contribution in [3.63, 3.8) is 0 Å². The number of carbonyl (C=O) groups excluding carboxylic acids is 3. The molecule has 0 spiro atoms. The van der Waals surface area contributed by atoms with Gasteiger partial charge in [-0.05, 0) is 13.6 Å². The average Bonchev–Trinajstić information content (AvgIpc) is 2.12. The van der Waals surface area contributed by atoms with Crippen molar-refractivity contribution < 1.29 is 27.7 Å². The summed E-state index contributed by atoms with van der Waals surface area (Å²) in [5.74, 6) is -1.98. The monoisotopic (exact) mass is 277 g/mol. The van der Waals surface area contributed by atoms with E-state index in [2.05, 4.69) is 0 Å². The van der Waals surface area contributed by atoms with Crippen LogP contribution in [0.4, 0.5) is 0 Å². The van der Waals surface area contributed by atoms with Crippen molar-refractivity contribution in [1.29, 1.82) is 0 Å². The summed E-state index contributed by atoms with van der Waals surface area (Å²) in [5.41, 5.74) is 0. The van der Waals surface area contributed by atoms with E-state index in [9.17, 15) is 14.4 Å². The van der Waals surface area contributed by atoms with E-state index in [0.29, 0.717) is 6.54 Å². The van der Waals surface area contributed by atoms with Crippen LogP contribution in [0.1, 0.15) is 27.7 Å². The molecule has 8 heteroatoms. The van der Waals surface area contributed by atoms with E-state index in [1.807, 2.05) is 6.92 Å². The van der Waals surface area contributed by atoms with Crippen molar-refractivity contribution in [2.24, 2.45) is 0 Å². The Bertz CT molecular complexity index is 292. The van der Waals surface area contributed by atoms with Crippen molar-refractivity contribution in [3.8, 4) is 0 Å². The van der Waals surface area contributed by atoms with E-state index >= 15 is 0 Å². The van der Waals surface area contributed by atoms with Gasteiger partial charge in [0.05, 0.1) is 0 Å². The molecule has 0 aliphatic carbocycles. The maximum Gasteiger partial charge on any atom is 0.720 e. The summed E-state index contributed by atoms with van der Waals surface area (Å²) in [6.45, 7) is 6.00. The molecule has 0 aromatic rings. The Morgan fingerprint density at radius 3 is 1.50 bits per heavy atom. The first kappa shape index (κ1) is 16.6. The molecule has 0 aromatic heterocycles. The lowest BCUT2D eigenvalue weighted by Crippen LogP contribution is -2.57. The Labute approximate surface area is 107 Å². The largest absolute Gasteiger partial charge is 0.720 e. The van der Waals surface area contributed by atoms with Crippen LogP contribution >= 0.6 is 0 Å². The van der Waals surface area contributed by atoms with Crippen LogP contribution in [0.25, 0.3) is 0 Å². The molecule has 0 aliphatic rings. The highest BCUT2D eigenvalue weighted by atomic mass is 28.4. The van der Waals surface area contributed by atoms with Crippen LogP contribution in [0.15, 0.2) is 0 Å². The number of nitrogens with zero attached hydrogens (tertiary/aromatic N) is 1. The summed E-state index contributed by atoms with van der Waals surface area (Å²) in [4.78, 5) is 35.0. The van der Waals surface area contributed by atoms with Gasteiger partial charge in [-0.25, -0.2) is 0 Å². The molecule has 0 heterocycles. The quantitative estimate of drug-likeness (QED) is 0.637. The van der Waals surface area contributed by atoms with Gasteiger partial charge in [-0.2, -0.15) is 0 Å². The summed E-state index contributed by atoms with van der Waals surface area (Å²) in [7, 11) is -1.96. The van der Waals surface area contributed by atoms with E-state index in [4.69, 9.17) is 13.3 Å². The third-order valence-corrected chi connectivity index (χ3v) is 4.62. The number of carbonyl (C=O) groups is 3. The van der Waals surface area contributed by atoms with Crippen molar-refractivity contribution in [2.75, 3.05) is 19.8 Å². The fraction of sp³-hybridized carbons (Fsp3) is 0.700. The lowest BCUT2D eigenvalue weighted by Gasteiger charge is -2.29. The first-order chi connectivity index (χ1) is 8.20. The van der Waals surface area contributed by atoms with Crippen molar-refractivity contribution in [2.45, 2.75) is 27.7 Å². The zero-order valence-electron chi connectivity index (χ0n) is 11.3. The Hall–Kier alpha value is -1.41. The van der Waals surface area contributed by atoms with E-state index in [1.54, 1.807) is 11.9 Å². The van der Waals surface area contributed by atoms with Crippen LogP contribution in [0.2, 0.25) is 0 Å². The van der Waals surface area contributed by atoms with Crippen LogP contribution < -0.4 is 0 Å². The molecule has 0 N–H and O–H groups in total. The highest BCUT2D eigenvalue weighted by Crippen LogP contribution is 2.13. The standard InChI is InChI=1S/C10H19NO6Si/c1-6-11(5)7-18(15-8(2)12,16-9(3)13)17-10(4)14/h6-7H2,1-5H3. The molecule has 0 saturated heterocycles. The molecule has 0 aliphatic heterocycles. The first-order valence-electron chi connectivity index (χ1n) is 5.48. The van der Waals surface area contributed by atoms with Gasteiger partial charge in [-0.15, -0.1) is 0 Å².